The maximum atomic E-state index is 7.17. The van der Waals surface area contributed by atoms with Crippen LogP contribution in [0.5, 0.6) is 0 Å². The molecule has 0 amide bonds. The highest BCUT2D eigenvalue weighted by Gasteiger charge is 2.26. The minimum Gasteiger partial charge on any atom is -0.455 e. The first-order valence-electron chi connectivity index (χ1n) is 32.4. The van der Waals surface area contributed by atoms with Crippen LogP contribution in [0.1, 0.15) is 174 Å². The predicted octanol–water partition coefficient (Wildman–Crippen LogP) is 24.6. The molecule has 0 unspecified atom stereocenters. The number of hydrogen-bond donors (Lipinski definition) is 0. The molecular weight excluding hydrogens is 1020 g/mol. The number of rotatable bonds is 11. The van der Waals surface area contributed by atoms with Crippen LogP contribution in [0.4, 0.5) is 34.1 Å². The molecule has 0 radical (unpaired) electrons. The van der Waals surface area contributed by atoms with Gasteiger partial charge in [0.1, 0.15) is 22.3 Å². The summed E-state index contributed by atoms with van der Waals surface area (Å²) in [4.78, 5) is 4.91. The lowest BCUT2D eigenvalue weighted by atomic mass is 9.84. The summed E-state index contributed by atoms with van der Waals surface area (Å²) in [7, 11) is 0. The molecule has 12 aromatic rings. The zero-order valence-corrected chi connectivity index (χ0v) is 48.6. The average molecular weight is 1100 g/mol. The summed E-state index contributed by atoms with van der Waals surface area (Å²) in [6.07, 6.45) is 26.6. The quantitative estimate of drug-likeness (QED) is 0.129. The van der Waals surface area contributed by atoms with E-state index in [0.717, 1.165) is 77.2 Å². The van der Waals surface area contributed by atoms with Gasteiger partial charge in [0.05, 0.1) is 5.56 Å². The lowest BCUT2D eigenvalue weighted by Gasteiger charge is -2.28. The summed E-state index contributed by atoms with van der Waals surface area (Å²) >= 11 is 0. The van der Waals surface area contributed by atoms with Crippen LogP contribution in [0.3, 0.4) is 0 Å². The van der Waals surface area contributed by atoms with Crippen molar-refractivity contribution in [3.05, 3.63) is 216 Å². The topological polar surface area (TPSA) is 32.8 Å². The predicted molar refractivity (Wildman–Crippen MR) is 354 cm³/mol. The lowest BCUT2D eigenvalue weighted by Crippen LogP contribution is -2.11. The van der Waals surface area contributed by atoms with Crippen molar-refractivity contribution in [2.75, 3.05) is 9.80 Å². The Morgan fingerprint density at radius 1 is 0.262 bits per heavy atom. The number of fused-ring (bicyclic) bond motifs is 8. The molecule has 2 aromatic heterocycles. The van der Waals surface area contributed by atoms with Crippen molar-refractivity contribution in [3.8, 4) is 11.1 Å². The van der Waals surface area contributed by atoms with Crippen LogP contribution in [-0.2, 0) is 0 Å². The second-order valence-electron chi connectivity index (χ2n) is 25.7. The highest BCUT2D eigenvalue weighted by molar-refractivity contribution is 6.24. The third-order valence-corrected chi connectivity index (χ3v) is 20.6. The third kappa shape index (κ3) is 9.64. The van der Waals surface area contributed by atoms with Crippen molar-refractivity contribution in [3.63, 3.8) is 0 Å². The molecule has 0 atom stereocenters. The molecule has 84 heavy (non-hydrogen) atoms. The van der Waals surface area contributed by atoms with Crippen LogP contribution in [0, 0.1) is 0 Å². The summed E-state index contributed by atoms with van der Waals surface area (Å²) in [6.45, 7) is 0. The van der Waals surface area contributed by atoms with E-state index < -0.39 is 0 Å². The first-order chi connectivity index (χ1) is 41.6. The van der Waals surface area contributed by atoms with E-state index >= 15 is 0 Å². The zero-order chi connectivity index (χ0) is 55.5. The van der Waals surface area contributed by atoms with Gasteiger partial charge < -0.3 is 18.6 Å². The second kappa shape index (κ2) is 22.2. The number of benzene rings is 10. The zero-order valence-electron chi connectivity index (χ0n) is 48.6. The molecule has 4 nitrogen and oxygen atoms in total. The molecule has 418 valence electrons. The molecule has 4 aliphatic carbocycles. The Hall–Kier alpha value is -8.08. The van der Waals surface area contributed by atoms with Crippen molar-refractivity contribution in [1.82, 2.24) is 0 Å². The molecule has 4 aliphatic rings. The van der Waals surface area contributed by atoms with Crippen molar-refractivity contribution in [2.24, 2.45) is 0 Å². The Morgan fingerprint density at radius 2 is 0.583 bits per heavy atom. The molecule has 10 aromatic carbocycles. The monoisotopic (exact) mass is 1100 g/mol. The highest BCUT2D eigenvalue weighted by atomic mass is 16.3. The first kappa shape index (κ1) is 51.6. The van der Waals surface area contributed by atoms with Gasteiger partial charge in [-0.15, -0.1) is 0 Å². The van der Waals surface area contributed by atoms with E-state index in [1.807, 2.05) is 0 Å². The SMILES string of the molecule is c1ccc(-c2c3oc4cc5cc(N(c6ccc(C7CCCCC7)cc6)c6ccc(C7CCCCC7)cc6)ccc5cc4c3cc3c2oc2cc4cc(N(c5ccc(C6CCCCC6)cc5)c5ccc(C6CCCCC6)cc5)ccc4cc23)cc1. The van der Waals surface area contributed by atoms with E-state index in [2.05, 4.69) is 204 Å². The summed E-state index contributed by atoms with van der Waals surface area (Å²) in [5.41, 5.74) is 18.5. The number of furan rings is 2. The Kier molecular flexibility index (Phi) is 13.6. The molecule has 0 N–H and O–H groups in total. The Balaban J connectivity index is 0.788. The van der Waals surface area contributed by atoms with Gasteiger partial charge in [-0.3, -0.25) is 0 Å². The molecule has 2 heterocycles. The van der Waals surface area contributed by atoms with Crippen LogP contribution in [0.15, 0.2) is 203 Å². The maximum absolute atomic E-state index is 7.17. The smallest absolute Gasteiger partial charge is 0.147 e. The van der Waals surface area contributed by atoms with Gasteiger partial charge in [0, 0.05) is 55.7 Å². The fourth-order valence-electron chi connectivity index (χ4n) is 16.0. The van der Waals surface area contributed by atoms with Gasteiger partial charge in [-0.05, 0) is 228 Å². The normalized spacial score (nSPS) is 17.1. The molecule has 4 fully saturated rings. The van der Waals surface area contributed by atoms with E-state index in [0.29, 0.717) is 23.7 Å². The van der Waals surface area contributed by atoms with Crippen molar-refractivity contribution < 1.29 is 8.83 Å². The van der Waals surface area contributed by atoms with Gasteiger partial charge in [0.25, 0.3) is 0 Å². The summed E-state index contributed by atoms with van der Waals surface area (Å²) in [5.74, 6) is 2.66. The third-order valence-electron chi connectivity index (χ3n) is 20.6. The first-order valence-corrected chi connectivity index (χ1v) is 32.4. The average Bonchev–Trinajstić information content (AvgIpc) is 3.07. The molecule has 0 spiro atoms. The molecule has 4 saturated carbocycles. The van der Waals surface area contributed by atoms with E-state index in [4.69, 9.17) is 8.83 Å². The van der Waals surface area contributed by atoms with Gasteiger partial charge in [-0.25, -0.2) is 0 Å². The molecular formula is C80H76N2O2. The molecule has 0 aliphatic heterocycles. The van der Waals surface area contributed by atoms with E-state index in [9.17, 15) is 0 Å². The van der Waals surface area contributed by atoms with E-state index in [1.54, 1.807) is 0 Å². The Bertz CT molecular complexity index is 3940. The van der Waals surface area contributed by atoms with Crippen LogP contribution in [-0.4, -0.2) is 0 Å². The molecule has 0 saturated heterocycles. The summed E-state index contributed by atoms with van der Waals surface area (Å²) < 4.78 is 14.3. The van der Waals surface area contributed by atoms with Gasteiger partial charge >= 0.3 is 0 Å². The van der Waals surface area contributed by atoms with E-state index in [1.165, 1.54) is 184 Å². The fraction of sp³-hybridized carbons (Fsp3) is 0.300. The van der Waals surface area contributed by atoms with Gasteiger partial charge in [-0.1, -0.05) is 168 Å². The minimum absolute atomic E-state index is 0.665. The van der Waals surface area contributed by atoms with Crippen LogP contribution in [0.25, 0.3) is 76.5 Å². The summed E-state index contributed by atoms with van der Waals surface area (Å²) in [6, 6.07) is 74.3. The largest absolute Gasteiger partial charge is 0.455 e. The van der Waals surface area contributed by atoms with Crippen molar-refractivity contribution in [1.29, 1.82) is 0 Å². The van der Waals surface area contributed by atoms with Crippen LogP contribution < -0.4 is 9.80 Å². The van der Waals surface area contributed by atoms with Crippen molar-refractivity contribution >= 4 is 99.5 Å². The van der Waals surface area contributed by atoms with E-state index in [-0.39, 0.29) is 0 Å². The molecule has 0 bridgehead atoms. The van der Waals surface area contributed by atoms with Crippen LogP contribution >= 0.6 is 0 Å². The van der Waals surface area contributed by atoms with Gasteiger partial charge in [0.15, 0.2) is 0 Å². The van der Waals surface area contributed by atoms with Crippen molar-refractivity contribution in [2.45, 2.75) is 152 Å². The Labute approximate surface area is 495 Å². The summed E-state index contributed by atoms with van der Waals surface area (Å²) in [5, 5.41) is 9.07. The minimum atomic E-state index is 0.665. The fourth-order valence-corrected chi connectivity index (χ4v) is 16.0. The van der Waals surface area contributed by atoms with Crippen LogP contribution in [0.2, 0.25) is 0 Å². The number of anilines is 6. The number of nitrogens with zero attached hydrogens (tertiary/aromatic N) is 2. The second-order valence-corrected chi connectivity index (χ2v) is 25.7. The number of hydrogen-bond acceptors (Lipinski definition) is 4. The van der Waals surface area contributed by atoms with Gasteiger partial charge in [0.2, 0.25) is 0 Å². The maximum Gasteiger partial charge on any atom is 0.147 e. The standard InChI is InChI=1S/C80H76N2O2/c1-6-16-53(17-7-1)57-26-36-66(37-27-57)81(67-38-28-58(29-39-67)54-18-8-2-9-19-54)70-44-34-62-48-72-74-52-75-73-49-63-35-45-71(47-65(63)51-77(73)84-80(75)78(61-24-14-5-15-25-61)79(74)83-76(72)50-64(62)46-70)82(68-40-30-59(31-41-68)55-20-10-3-11-21-55)69-42-32-60(33-43-69)56-22-12-4-13-23-56/h5,14-15,24-56H,1-4,6-13,16-23H2. The highest BCUT2D eigenvalue weighted by Crippen LogP contribution is 2.48. The Morgan fingerprint density at radius 3 is 0.917 bits per heavy atom. The lowest BCUT2D eigenvalue weighted by molar-refractivity contribution is 0.443. The van der Waals surface area contributed by atoms with Gasteiger partial charge in [-0.2, -0.15) is 0 Å². The molecule has 4 heteroatoms. The molecule has 16 rings (SSSR count).